The van der Waals surface area contributed by atoms with Crippen LogP contribution in [0, 0.1) is 11.3 Å². The number of nitrogens with zero attached hydrogens (tertiary/aromatic N) is 1. The molecule has 0 heterocycles. The Morgan fingerprint density at radius 2 is 1.91 bits per heavy atom. The van der Waals surface area contributed by atoms with E-state index in [-0.39, 0.29) is 18.4 Å². The van der Waals surface area contributed by atoms with Gasteiger partial charge in [0.05, 0.1) is 18.2 Å². The minimum atomic E-state index is -0.386. The summed E-state index contributed by atoms with van der Waals surface area (Å²) < 4.78 is 0. The Morgan fingerprint density at radius 3 is 2.64 bits per heavy atom. The van der Waals surface area contributed by atoms with Gasteiger partial charge in [0.2, 0.25) is 5.91 Å². The van der Waals surface area contributed by atoms with Gasteiger partial charge in [-0.25, -0.2) is 0 Å². The fraction of sp³-hybridized carbons (Fsp3) is 0.0625. The Morgan fingerprint density at radius 1 is 1.14 bits per heavy atom. The van der Waals surface area contributed by atoms with Crippen LogP contribution in [0.1, 0.15) is 15.9 Å². The van der Waals surface area contributed by atoms with Crippen molar-refractivity contribution in [2.45, 2.75) is 0 Å². The number of hydrogen-bond acceptors (Lipinski definition) is 3. The van der Waals surface area contributed by atoms with Crippen LogP contribution in [-0.4, -0.2) is 18.4 Å². The molecule has 0 radical (unpaired) electrons. The van der Waals surface area contributed by atoms with E-state index >= 15 is 0 Å². The Labute approximate surface area is 132 Å². The molecule has 0 aromatic heterocycles. The number of rotatable bonds is 4. The van der Waals surface area contributed by atoms with Crippen molar-refractivity contribution in [1.82, 2.24) is 5.32 Å². The van der Waals surface area contributed by atoms with Gasteiger partial charge in [-0.2, -0.15) is 5.26 Å². The fourth-order valence-electron chi connectivity index (χ4n) is 1.76. The van der Waals surface area contributed by atoms with Gasteiger partial charge >= 0.3 is 0 Å². The number of halogens is 1. The number of nitrogens with one attached hydrogen (secondary N) is 2. The zero-order valence-electron chi connectivity index (χ0n) is 11.5. The second kappa shape index (κ2) is 7.25. The standard InChI is InChI=1S/C16H12ClN3O2/c17-13-5-2-4-12(8-13)16(22)19-10-15(21)20-14-6-1-3-11(7-14)9-18/h1-8H,10H2,(H,19,22)(H,20,21). The zero-order valence-corrected chi connectivity index (χ0v) is 12.2. The van der Waals surface area contributed by atoms with Gasteiger partial charge in [-0.05, 0) is 36.4 Å². The van der Waals surface area contributed by atoms with Crippen LogP contribution in [0.3, 0.4) is 0 Å². The van der Waals surface area contributed by atoms with Crippen molar-refractivity contribution in [3.8, 4) is 6.07 Å². The van der Waals surface area contributed by atoms with Crippen LogP contribution in [0.15, 0.2) is 48.5 Å². The van der Waals surface area contributed by atoms with Gasteiger partial charge < -0.3 is 10.6 Å². The SMILES string of the molecule is N#Cc1cccc(NC(=O)CNC(=O)c2cccc(Cl)c2)c1. The summed E-state index contributed by atoms with van der Waals surface area (Å²) >= 11 is 5.80. The van der Waals surface area contributed by atoms with E-state index in [1.54, 1.807) is 42.5 Å². The van der Waals surface area contributed by atoms with Crippen molar-refractivity contribution < 1.29 is 9.59 Å². The first-order chi connectivity index (χ1) is 10.6. The quantitative estimate of drug-likeness (QED) is 0.910. The van der Waals surface area contributed by atoms with Crippen molar-refractivity contribution in [3.63, 3.8) is 0 Å². The Kier molecular flexibility index (Phi) is 5.12. The summed E-state index contributed by atoms with van der Waals surface area (Å²) in [5.74, 6) is -0.770. The number of nitriles is 1. The van der Waals surface area contributed by atoms with Crippen molar-refractivity contribution >= 4 is 29.1 Å². The smallest absolute Gasteiger partial charge is 0.251 e. The van der Waals surface area contributed by atoms with E-state index in [1.165, 1.54) is 6.07 Å². The molecule has 2 amide bonds. The lowest BCUT2D eigenvalue weighted by Gasteiger charge is -2.07. The van der Waals surface area contributed by atoms with E-state index in [9.17, 15) is 9.59 Å². The summed E-state index contributed by atoms with van der Waals surface area (Å²) in [5, 5.41) is 14.3. The molecule has 0 aliphatic rings. The van der Waals surface area contributed by atoms with Gasteiger partial charge in [0.25, 0.3) is 5.91 Å². The molecule has 0 aliphatic carbocycles. The molecule has 5 nitrogen and oxygen atoms in total. The monoisotopic (exact) mass is 313 g/mol. The van der Waals surface area contributed by atoms with Crippen LogP contribution in [0.25, 0.3) is 0 Å². The molecule has 0 saturated carbocycles. The average molecular weight is 314 g/mol. The third kappa shape index (κ3) is 4.33. The molecule has 0 unspecified atom stereocenters. The topological polar surface area (TPSA) is 82.0 Å². The fourth-order valence-corrected chi connectivity index (χ4v) is 1.95. The molecule has 2 rings (SSSR count). The molecule has 0 saturated heterocycles. The van der Waals surface area contributed by atoms with Gasteiger partial charge in [-0.1, -0.05) is 23.7 Å². The Balaban J connectivity index is 1.90. The number of carbonyl (C=O) groups excluding carboxylic acids is 2. The maximum absolute atomic E-state index is 11.9. The molecule has 2 aromatic rings. The summed E-state index contributed by atoms with van der Waals surface area (Å²) in [5.41, 5.74) is 1.33. The van der Waals surface area contributed by atoms with Gasteiger partial charge in [0, 0.05) is 16.3 Å². The van der Waals surface area contributed by atoms with Crippen molar-refractivity contribution in [3.05, 3.63) is 64.7 Å². The highest BCUT2D eigenvalue weighted by atomic mass is 35.5. The lowest BCUT2D eigenvalue weighted by atomic mass is 10.2. The number of benzene rings is 2. The van der Waals surface area contributed by atoms with Gasteiger partial charge in [-0.15, -0.1) is 0 Å². The highest BCUT2D eigenvalue weighted by molar-refractivity contribution is 6.31. The van der Waals surface area contributed by atoms with Crippen molar-refractivity contribution in [2.24, 2.45) is 0 Å². The van der Waals surface area contributed by atoms with Gasteiger partial charge in [0.1, 0.15) is 0 Å². The normalized spacial score (nSPS) is 9.64. The van der Waals surface area contributed by atoms with E-state index in [0.29, 0.717) is 21.8 Å². The first kappa shape index (κ1) is 15.5. The number of anilines is 1. The first-order valence-corrected chi connectivity index (χ1v) is 6.80. The summed E-state index contributed by atoms with van der Waals surface area (Å²) in [6.07, 6.45) is 0. The predicted octanol–water partition coefficient (Wildman–Crippen LogP) is 2.58. The number of amides is 2. The molecule has 2 N–H and O–H groups in total. The van der Waals surface area contributed by atoms with Crippen molar-refractivity contribution in [1.29, 1.82) is 5.26 Å². The van der Waals surface area contributed by atoms with E-state index in [0.717, 1.165) is 0 Å². The summed E-state index contributed by atoms with van der Waals surface area (Å²) in [6.45, 7) is -0.178. The third-order valence-electron chi connectivity index (χ3n) is 2.77. The molecule has 22 heavy (non-hydrogen) atoms. The highest BCUT2D eigenvalue weighted by Gasteiger charge is 2.08. The maximum atomic E-state index is 11.9. The molecule has 0 spiro atoms. The van der Waals surface area contributed by atoms with E-state index in [4.69, 9.17) is 16.9 Å². The van der Waals surface area contributed by atoms with E-state index < -0.39 is 0 Å². The highest BCUT2D eigenvalue weighted by Crippen LogP contribution is 2.11. The molecular formula is C16H12ClN3O2. The molecule has 0 fully saturated rings. The summed E-state index contributed by atoms with van der Waals surface area (Å²) in [7, 11) is 0. The summed E-state index contributed by atoms with van der Waals surface area (Å²) in [4.78, 5) is 23.6. The van der Waals surface area contributed by atoms with Crippen LogP contribution in [0.2, 0.25) is 5.02 Å². The minimum Gasteiger partial charge on any atom is -0.343 e. The van der Waals surface area contributed by atoms with Crippen molar-refractivity contribution in [2.75, 3.05) is 11.9 Å². The van der Waals surface area contributed by atoms with Gasteiger partial charge in [0.15, 0.2) is 0 Å². The zero-order chi connectivity index (χ0) is 15.9. The van der Waals surface area contributed by atoms with Crippen LogP contribution < -0.4 is 10.6 Å². The summed E-state index contributed by atoms with van der Waals surface area (Å²) in [6, 6.07) is 14.9. The lowest BCUT2D eigenvalue weighted by Crippen LogP contribution is -2.32. The molecule has 0 atom stereocenters. The predicted molar refractivity (Wildman–Crippen MR) is 83.6 cm³/mol. The number of carbonyl (C=O) groups is 2. The minimum absolute atomic E-state index is 0.178. The molecule has 0 aliphatic heterocycles. The van der Waals surface area contributed by atoms with Crippen LogP contribution >= 0.6 is 11.6 Å². The largest absolute Gasteiger partial charge is 0.343 e. The Bertz CT molecular complexity index is 753. The Hall–Kier alpha value is -2.84. The number of hydrogen-bond donors (Lipinski definition) is 2. The first-order valence-electron chi connectivity index (χ1n) is 6.42. The molecular weight excluding hydrogens is 302 g/mol. The van der Waals surface area contributed by atoms with Crippen LogP contribution in [0.5, 0.6) is 0 Å². The van der Waals surface area contributed by atoms with Gasteiger partial charge in [-0.3, -0.25) is 9.59 Å². The molecule has 2 aromatic carbocycles. The lowest BCUT2D eigenvalue weighted by molar-refractivity contribution is -0.115. The maximum Gasteiger partial charge on any atom is 0.251 e. The second-order valence-electron chi connectivity index (χ2n) is 4.43. The van der Waals surface area contributed by atoms with Crippen LogP contribution in [0.4, 0.5) is 5.69 Å². The second-order valence-corrected chi connectivity index (χ2v) is 4.87. The van der Waals surface area contributed by atoms with Crippen LogP contribution in [-0.2, 0) is 4.79 Å². The third-order valence-corrected chi connectivity index (χ3v) is 3.01. The van der Waals surface area contributed by atoms with E-state index in [1.807, 2.05) is 6.07 Å². The average Bonchev–Trinajstić information content (AvgIpc) is 2.52. The molecule has 6 heteroatoms. The van der Waals surface area contributed by atoms with E-state index in [2.05, 4.69) is 10.6 Å². The molecule has 0 bridgehead atoms. The molecule has 110 valence electrons.